The van der Waals surface area contributed by atoms with Crippen LogP contribution in [0.5, 0.6) is 0 Å². The molecule has 0 spiro atoms. The van der Waals surface area contributed by atoms with E-state index in [1.54, 1.807) is 0 Å². The first-order valence-electron chi connectivity index (χ1n) is 7.66. The maximum absolute atomic E-state index is 10.1. The van der Waals surface area contributed by atoms with Gasteiger partial charge in [0.1, 0.15) is 0 Å². The lowest BCUT2D eigenvalue weighted by Gasteiger charge is -2.21. The molecule has 3 rings (SSSR count). The van der Waals surface area contributed by atoms with E-state index < -0.39 is 0 Å². The Balaban J connectivity index is 1.65. The Morgan fingerprint density at radius 2 is 1.83 bits per heavy atom. The average molecular weight is 333 g/mol. The van der Waals surface area contributed by atoms with Crippen molar-refractivity contribution in [3.05, 3.63) is 47.2 Å². The minimum atomic E-state index is -0.306. The van der Waals surface area contributed by atoms with E-state index in [2.05, 4.69) is 19.8 Å². The van der Waals surface area contributed by atoms with Crippen molar-refractivity contribution < 1.29 is 5.11 Å². The summed E-state index contributed by atoms with van der Waals surface area (Å²) >= 11 is 5.90. The van der Waals surface area contributed by atoms with E-state index in [0.29, 0.717) is 17.4 Å². The molecule has 0 aliphatic carbocycles. The summed E-state index contributed by atoms with van der Waals surface area (Å²) in [7, 11) is 4.00. The molecule has 2 unspecified atom stereocenters. The standard InChI is InChI=1S/C17H21ClN4O/c1-21(2)15-10-22(11-16(15)23)9-12-7-19-17(20-8-12)13-3-5-14(18)6-4-13/h3-8,15-16,23H,9-11H2,1-2H3. The first kappa shape index (κ1) is 16.3. The number of rotatable bonds is 4. The molecular formula is C17H21ClN4O. The van der Waals surface area contributed by atoms with Crippen LogP contribution in [0.15, 0.2) is 36.7 Å². The number of β-amino-alcohol motifs (C(OH)–C–C–N with tert-alkyl or cyclic N) is 1. The van der Waals surface area contributed by atoms with Crippen LogP contribution in [0.4, 0.5) is 0 Å². The smallest absolute Gasteiger partial charge is 0.159 e. The molecule has 23 heavy (non-hydrogen) atoms. The third kappa shape index (κ3) is 3.87. The van der Waals surface area contributed by atoms with Gasteiger partial charge >= 0.3 is 0 Å². The molecule has 6 heteroatoms. The van der Waals surface area contributed by atoms with Gasteiger partial charge in [-0.05, 0) is 38.4 Å². The molecule has 0 saturated carbocycles. The van der Waals surface area contributed by atoms with Gasteiger partial charge in [0.2, 0.25) is 0 Å². The monoisotopic (exact) mass is 332 g/mol. The van der Waals surface area contributed by atoms with Gasteiger partial charge in [-0.3, -0.25) is 4.90 Å². The quantitative estimate of drug-likeness (QED) is 0.927. The van der Waals surface area contributed by atoms with Gasteiger partial charge in [-0.2, -0.15) is 0 Å². The highest BCUT2D eigenvalue weighted by Crippen LogP contribution is 2.19. The predicted octanol–water partition coefficient (Wildman–Crippen LogP) is 1.90. The van der Waals surface area contributed by atoms with Crippen LogP contribution >= 0.6 is 11.6 Å². The SMILES string of the molecule is CN(C)C1CN(Cc2cnc(-c3ccc(Cl)cc3)nc2)CC1O. The lowest BCUT2D eigenvalue weighted by atomic mass is 10.2. The van der Waals surface area contributed by atoms with Gasteiger partial charge in [-0.25, -0.2) is 9.97 Å². The fourth-order valence-corrected chi connectivity index (χ4v) is 3.05. The van der Waals surface area contributed by atoms with Crippen LogP contribution in [0.1, 0.15) is 5.56 Å². The number of aliphatic hydroxyl groups is 1. The second-order valence-electron chi connectivity index (χ2n) is 6.21. The van der Waals surface area contributed by atoms with Crippen LogP contribution in [0.2, 0.25) is 5.02 Å². The molecule has 1 aliphatic rings. The highest BCUT2D eigenvalue weighted by molar-refractivity contribution is 6.30. The van der Waals surface area contributed by atoms with Crippen LogP contribution in [-0.2, 0) is 6.54 Å². The maximum Gasteiger partial charge on any atom is 0.159 e. The molecule has 2 atom stereocenters. The van der Waals surface area contributed by atoms with Crippen molar-refractivity contribution in [2.45, 2.75) is 18.7 Å². The molecular weight excluding hydrogens is 312 g/mol. The molecule has 2 heterocycles. The van der Waals surface area contributed by atoms with Crippen molar-refractivity contribution >= 4 is 11.6 Å². The summed E-state index contributed by atoms with van der Waals surface area (Å²) in [6, 6.07) is 7.68. The zero-order chi connectivity index (χ0) is 16.4. The van der Waals surface area contributed by atoms with E-state index in [4.69, 9.17) is 11.6 Å². The molecule has 2 aromatic rings. The van der Waals surface area contributed by atoms with Gasteiger partial charge in [0.15, 0.2) is 5.82 Å². The van der Waals surface area contributed by atoms with Gasteiger partial charge in [0, 0.05) is 54.2 Å². The lowest BCUT2D eigenvalue weighted by Crippen LogP contribution is -2.37. The summed E-state index contributed by atoms with van der Waals surface area (Å²) in [4.78, 5) is 13.2. The first-order chi connectivity index (χ1) is 11.0. The number of hydrogen-bond donors (Lipinski definition) is 1. The predicted molar refractivity (Wildman–Crippen MR) is 91.2 cm³/mol. The third-order valence-corrected chi connectivity index (χ3v) is 4.46. The fourth-order valence-electron chi connectivity index (χ4n) is 2.93. The lowest BCUT2D eigenvalue weighted by molar-refractivity contribution is 0.112. The Morgan fingerprint density at radius 1 is 1.17 bits per heavy atom. The second-order valence-corrected chi connectivity index (χ2v) is 6.65. The van der Waals surface area contributed by atoms with E-state index in [0.717, 1.165) is 24.2 Å². The number of likely N-dealkylation sites (tertiary alicyclic amines) is 1. The number of benzene rings is 1. The fraction of sp³-hybridized carbons (Fsp3) is 0.412. The van der Waals surface area contributed by atoms with Crippen molar-refractivity contribution in [2.75, 3.05) is 27.2 Å². The molecule has 0 amide bonds. The summed E-state index contributed by atoms with van der Waals surface area (Å²) in [5.41, 5.74) is 2.00. The maximum atomic E-state index is 10.1. The summed E-state index contributed by atoms with van der Waals surface area (Å²) in [6.07, 6.45) is 3.40. The molecule has 0 radical (unpaired) electrons. The Morgan fingerprint density at radius 3 is 2.39 bits per heavy atom. The molecule has 1 saturated heterocycles. The zero-order valence-electron chi connectivity index (χ0n) is 13.4. The molecule has 1 fully saturated rings. The molecule has 1 aliphatic heterocycles. The van der Waals surface area contributed by atoms with E-state index in [1.807, 2.05) is 50.8 Å². The van der Waals surface area contributed by atoms with Crippen molar-refractivity contribution in [1.29, 1.82) is 0 Å². The Bertz CT molecular complexity index is 645. The topological polar surface area (TPSA) is 52.5 Å². The van der Waals surface area contributed by atoms with Crippen molar-refractivity contribution in [3.8, 4) is 11.4 Å². The number of aliphatic hydroxyl groups excluding tert-OH is 1. The number of likely N-dealkylation sites (N-methyl/N-ethyl adjacent to an activating group) is 1. The Kier molecular flexibility index (Phi) is 4.92. The van der Waals surface area contributed by atoms with Gasteiger partial charge in [-0.15, -0.1) is 0 Å². The van der Waals surface area contributed by atoms with Crippen LogP contribution in [-0.4, -0.2) is 64.2 Å². The molecule has 1 aromatic heterocycles. The van der Waals surface area contributed by atoms with Crippen molar-refractivity contribution in [1.82, 2.24) is 19.8 Å². The minimum absolute atomic E-state index is 0.184. The zero-order valence-corrected chi connectivity index (χ0v) is 14.1. The summed E-state index contributed by atoms with van der Waals surface area (Å²) in [5, 5.41) is 10.8. The average Bonchev–Trinajstić information content (AvgIpc) is 2.90. The molecule has 0 bridgehead atoms. The minimum Gasteiger partial charge on any atom is -0.390 e. The van der Waals surface area contributed by atoms with Crippen LogP contribution in [0.3, 0.4) is 0 Å². The van der Waals surface area contributed by atoms with E-state index in [9.17, 15) is 5.11 Å². The largest absolute Gasteiger partial charge is 0.390 e. The van der Waals surface area contributed by atoms with Crippen molar-refractivity contribution in [3.63, 3.8) is 0 Å². The highest BCUT2D eigenvalue weighted by Gasteiger charge is 2.32. The summed E-state index contributed by atoms with van der Waals surface area (Å²) < 4.78 is 0. The Hall–Kier alpha value is -1.53. The van der Waals surface area contributed by atoms with E-state index >= 15 is 0 Å². The molecule has 1 N–H and O–H groups in total. The molecule has 5 nitrogen and oxygen atoms in total. The number of halogens is 1. The highest BCUT2D eigenvalue weighted by atomic mass is 35.5. The van der Waals surface area contributed by atoms with Gasteiger partial charge in [0.05, 0.1) is 6.10 Å². The summed E-state index contributed by atoms with van der Waals surface area (Å²) in [5.74, 6) is 0.693. The number of nitrogens with zero attached hydrogens (tertiary/aromatic N) is 4. The first-order valence-corrected chi connectivity index (χ1v) is 8.04. The van der Waals surface area contributed by atoms with Crippen LogP contribution in [0.25, 0.3) is 11.4 Å². The number of hydrogen-bond acceptors (Lipinski definition) is 5. The van der Waals surface area contributed by atoms with E-state index in [-0.39, 0.29) is 12.1 Å². The van der Waals surface area contributed by atoms with Gasteiger partial charge in [0.25, 0.3) is 0 Å². The van der Waals surface area contributed by atoms with Gasteiger partial charge in [-0.1, -0.05) is 11.6 Å². The van der Waals surface area contributed by atoms with Crippen LogP contribution in [0, 0.1) is 0 Å². The van der Waals surface area contributed by atoms with E-state index in [1.165, 1.54) is 0 Å². The second kappa shape index (κ2) is 6.93. The third-order valence-electron chi connectivity index (χ3n) is 4.21. The summed E-state index contributed by atoms with van der Waals surface area (Å²) in [6.45, 7) is 2.29. The normalized spacial score (nSPS) is 22.0. The van der Waals surface area contributed by atoms with Crippen LogP contribution < -0.4 is 0 Å². The molecule has 122 valence electrons. The van der Waals surface area contributed by atoms with Gasteiger partial charge < -0.3 is 10.0 Å². The number of aromatic nitrogens is 2. The Labute approximate surface area is 141 Å². The van der Waals surface area contributed by atoms with Crippen molar-refractivity contribution in [2.24, 2.45) is 0 Å². The molecule has 1 aromatic carbocycles.